The monoisotopic (exact) mass is 260 g/mol. The molecule has 0 spiro atoms. The molecule has 0 saturated carbocycles. The lowest BCUT2D eigenvalue weighted by Gasteiger charge is -2.13. The number of para-hydroxylation sites is 1. The van der Waals surface area contributed by atoms with Crippen LogP contribution >= 0.6 is 0 Å². The molecule has 0 unspecified atom stereocenters. The first-order valence-electron chi connectivity index (χ1n) is 5.58. The van der Waals surface area contributed by atoms with Gasteiger partial charge >= 0.3 is 0 Å². The minimum atomic E-state index is -0.727. The summed E-state index contributed by atoms with van der Waals surface area (Å²) in [7, 11) is 0. The summed E-state index contributed by atoms with van der Waals surface area (Å²) in [5.74, 6) is -1.45. The van der Waals surface area contributed by atoms with Gasteiger partial charge in [-0.1, -0.05) is 6.07 Å². The quantitative estimate of drug-likeness (QED) is 0.832. The van der Waals surface area contributed by atoms with Crippen molar-refractivity contribution in [2.75, 3.05) is 0 Å². The molecule has 0 amide bonds. The molecule has 5 heteroatoms. The maximum Gasteiger partial charge on any atom is 0.186 e. The third-order valence-electron chi connectivity index (χ3n) is 2.77. The van der Waals surface area contributed by atoms with Crippen LogP contribution in [0.3, 0.4) is 0 Å². The van der Waals surface area contributed by atoms with Gasteiger partial charge in [0, 0.05) is 23.5 Å². The SMILES string of the molecule is Cc1cc(=O)c(CC#N)cn1-c1c(F)cccc1F. The molecule has 1 heterocycles. The first-order valence-corrected chi connectivity index (χ1v) is 5.58. The first kappa shape index (κ1) is 13.0. The number of benzene rings is 1. The molecule has 2 rings (SSSR count). The minimum absolute atomic E-state index is 0.102. The highest BCUT2D eigenvalue weighted by Gasteiger charge is 2.13. The Morgan fingerprint density at radius 1 is 1.32 bits per heavy atom. The number of aromatic nitrogens is 1. The van der Waals surface area contributed by atoms with E-state index in [1.165, 1.54) is 22.9 Å². The molecule has 0 aliphatic carbocycles. The summed E-state index contributed by atoms with van der Waals surface area (Å²) in [6.45, 7) is 1.57. The van der Waals surface area contributed by atoms with E-state index in [4.69, 9.17) is 5.26 Å². The standard InChI is InChI=1S/C14H10F2N2O/c1-9-7-13(19)10(5-6-17)8-18(9)14-11(15)3-2-4-12(14)16/h2-4,7-8H,5H2,1H3. The van der Waals surface area contributed by atoms with Crippen LogP contribution in [-0.2, 0) is 6.42 Å². The van der Waals surface area contributed by atoms with Crippen molar-refractivity contribution in [3.63, 3.8) is 0 Å². The molecule has 0 N–H and O–H groups in total. The van der Waals surface area contributed by atoms with E-state index >= 15 is 0 Å². The zero-order chi connectivity index (χ0) is 14.0. The van der Waals surface area contributed by atoms with Crippen molar-refractivity contribution in [3.8, 4) is 11.8 Å². The Hall–Kier alpha value is -2.48. The van der Waals surface area contributed by atoms with Crippen LogP contribution in [0.2, 0.25) is 0 Å². The molecule has 0 aliphatic rings. The predicted molar refractivity (Wildman–Crippen MR) is 66.0 cm³/mol. The van der Waals surface area contributed by atoms with Crippen molar-refractivity contribution in [1.29, 1.82) is 5.26 Å². The fourth-order valence-electron chi connectivity index (χ4n) is 1.85. The highest BCUT2D eigenvalue weighted by Crippen LogP contribution is 2.19. The molecular formula is C14H10F2N2O. The van der Waals surface area contributed by atoms with Gasteiger partial charge < -0.3 is 4.57 Å². The molecular weight excluding hydrogens is 250 g/mol. The number of rotatable bonds is 2. The van der Waals surface area contributed by atoms with E-state index in [0.717, 1.165) is 12.1 Å². The van der Waals surface area contributed by atoms with Gasteiger partial charge in [0.1, 0.15) is 17.3 Å². The van der Waals surface area contributed by atoms with Crippen molar-refractivity contribution < 1.29 is 8.78 Å². The predicted octanol–water partition coefficient (Wildman–Crippen LogP) is 2.49. The largest absolute Gasteiger partial charge is 0.316 e. The molecule has 3 nitrogen and oxygen atoms in total. The highest BCUT2D eigenvalue weighted by molar-refractivity contribution is 5.38. The van der Waals surface area contributed by atoms with Crippen LogP contribution in [0.4, 0.5) is 8.78 Å². The maximum absolute atomic E-state index is 13.7. The van der Waals surface area contributed by atoms with Crippen LogP contribution < -0.4 is 5.43 Å². The lowest BCUT2D eigenvalue weighted by Crippen LogP contribution is -2.15. The van der Waals surface area contributed by atoms with Crippen LogP contribution in [-0.4, -0.2) is 4.57 Å². The van der Waals surface area contributed by atoms with Crippen LogP contribution in [0.25, 0.3) is 5.69 Å². The molecule has 96 valence electrons. The lowest BCUT2D eigenvalue weighted by molar-refractivity contribution is 0.566. The molecule has 0 bridgehead atoms. The van der Waals surface area contributed by atoms with Crippen molar-refractivity contribution >= 4 is 0 Å². The normalized spacial score (nSPS) is 10.2. The zero-order valence-corrected chi connectivity index (χ0v) is 10.2. The van der Waals surface area contributed by atoms with Gasteiger partial charge in [0.2, 0.25) is 0 Å². The van der Waals surface area contributed by atoms with Crippen LogP contribution in [0.5, 0.6) is 0 Å². The van der Waals surface area contributed by atoms with E-state index in [9.17, 15) is 13.6 Å². The lowest BCUT2D eigenvalue weighted by atomic mass is 10.1. The summed E-state index contributed by atoms with van der Waals surface area (Å²) in [4.78, 5) is 11.6. The smallest absolute Gasteiger partial charge is 0.186 e. The second-order valence-electron chi connectivity index (χ2n) is 4.08. The number of nitrogens with zero attached hydrogens (tertiary/aromatic N) is 2. The Morgan fingerprint density at radius 3 is 2.53 bits per heavy atom. The number of nitriles is 1. The van der Waals surface area contributed by atoms with E-state index < -0.39 is 11.6 Å². The number of hydrogen-bond donors (Lipinski definition) is 0. The third kappa shape index (κ3) is 2.38. The van der Waals surface area contributed by atoms with E-state index in [1.807, 2.05) is 6.07 Å². The molecule has 0 atom stereocenters. The number of aryl methyl sites for hydroxylation is 1. The summed E-state index contributed by atoms with van der Waals surface area (Å²) >= 11 is 0. The Morgan fingerprint density at radius 2 is 1.95 bits per heavy atom. The summed E-state index contributed by atoms with van der Waals surface area (Å²) in [6.07, 6.45) is 1.21. The van der Waals surface area contributed by atoms with Crippen molar-refractivity contribution in [3.05, 3.63) is 63.6 Å². The molecule has 0 saturated heterocycles. The summed E-state index contributed by atoms with van der Waals surface area (Å²) in [5, 5.41) is 8.64. The zero-order valence-electron chi connectivity index (χ0n) is 10.2. The molecule has 2 aromatic rings. The maximum atomic E-state index is 13.7. The van der Waals surface area contributed by atoms with E-state index in [-0.39, 0.29) is 23.1 Å². The van der Waals surface area contributed by atoms with Gasteiger partial charge in [-0.25, -0.2) is 8.78 Å². The third-order valence-corrected chi connectivity index (χ3v) is 2.77. The van der Waals surface area contributed by atoms with Crippen LogP contribution in [0, 0.1) is 29.9 Å². The summed E-state index contributed by atoms with van der Waals surface area (Å²) < 4.78 is 28.7. The average Bonchev–Trinajstić information content (AvgIpc) is 2.34. The van der Waals surface area contributed by atoms with Crippen molar-refractivity contribution in [1.82, 2.24) is 4.57 Å². The molecule has 0 aliphatic heterocycles. The molecule has 0 radical (unpaired) electrons. The molecule has 1 aromatic carbocycles. The summed E-state index contributed by atoms with van der Waals surface area (Å²) in [6, 6.07) is 6.66. The number of halogens is 2. The second kappa shape index (κ2) is 5.02. The highest BCUT2D eigenvalue weighted by atomic mass is 19.1. The second-order valence-corrected chi connectivity index (χ2v) is 4.08. The van der Waals surface area contributed by atoms with Gasteiger partial charge in [-0.05, 0) is 19.1 Å². The van der Waals surface area contributed by atoms with Gasteiger partial charge in [0.05, 0.1) is 12.5 Å². The van der Waals surface area contributed by atoms with Gasteiger partial charge in [-0.15, -0.1) is 0 Å². The Kier molecular flexibility index (Phi) is 3.43. The van der Waals surface area contributed by atoms with Gasteiger partial charge in [-0.3, -0.25) is 4.79 Å². The summed E-state index contributed by atoms with van der Waals surface area (Å²) in [5.41, 5.74) is 0.0395. The van der Waals surface area contributed by atoms with E-state index in [1.54, 1.807) is 6.92 Å². The molecule has 1 aromatic heterocycles. The first-order chi connectivity index (χ1) is 9.04. The van der Waals surface area contributed by atoms with Crippen molar-refractivity contribution in [2.45, 2.75) is 13.3 Å². The molecule has 19 heavy (non-hydrogen) atoms. The van der Waals surface area contributed by atoms with Crippen molar-refractivity contribution in [2.24, 2.45) is 0 Å². The van der Waals surface area contributed by atoms with E-state index in [2.05, 4.69) is 0 Å². The number of hydrogen-bond acceptors (Lipinski definition) is 2. The Balaban J connectivity index is 2.73. The fraction of sp³-hybridized carbons (Fsp3) is 0.143. The van der Waals surface area contributed by atoms with Gasteiger partial charge in [0.15, 0.2) is 5.43 Å². The van der Waals surface area contributed by atoms with Gasteiger partial charge in [0.25, 0.3) is 0 Å². The molecule has 0 fully saturated rings. The van der Waals surface area contributed by atoms with Crippen LogP contribution in [0.15, 0.2) is 35.3 Å². The average molecular weight is 260 g/mol. The Labute approximate surface area is 108 Å². The fourth-order valence-corrected chi connectivity index (χ4v) is 1.85. The van der Waals surface area contributed by atoms with Gasteiger partial charge in [-0.2, -0.15) is 5.26 Å². The van der Waals surface area contributed by atoms with E-state index in [0.29, 0.717) is 5.69 Å². The Bertz CT molecular complexity index is 709. The number of pyridine rings is 1. The topological polar surface area (TPSA) is 45.8 Å². The minimum Gasteiger partial charge on any atom is -0.316 e. The van der Waals surface area contributed by atoms with Crippen LogP contribution in [0.1, 0.15) is 11.3 Å².